The normalized spacial score (nSPS) is 8.30. The Bertz CT molecular complexity index is 203. The van der Waals surface area contributed by atoms with Crippen molar-refractivity contribution in [3.05, 3.63) is 24.3 Å². The number of methoxy groups -OCH3 is 1. The third kappa shape index (κ3) is 2.28. The quantitative estimate of drug-likeness (QED) is 0.633. The number of benzene rings is 1. The van der Waals surface area contributed by atoms with E-state index in [0.29, 0.717) is 0 Å². The smallest absolute Gasteiger partial charge is 0.147 e. The molecule has 1 aromatic carbocycles. The van der Waals surface area contributed by atoms with Crippen molar-refractivity contribution in [2.45, 2.75) is 0 Å². The first kappa shape index (κ1) is 9.93. The van der Waals surface area contributed by atoms with Crippen LogP contribution in [0.5, 0.6) is 5.75 Å². The van der Waals surface area contributed by atoms with Crippen molar-refractivity contribution in [3.63, 3.8) is 0 Å². The first-order chi connectivity index (χ1) is 4.34. The van der Waals surface area contributed by atoms with Crippen LogP contribution in [-0.4, -0.2) is 7.11 Å². The SMILES string of the molecule is COc1cccc[c]1[Zn].Cl. The summed E-state index contributed by atoms with van der Waals surface area (Å²) >= 11 is 1.16. The van der Waals surface area contributed by atoms with Gasteiger partial charge >= 0.3 is 64.3 Å². The van der Waals surface area contributed by atoms with E-state index >= 15 is 0 Å². The molecule has 1 rings (SSSR count). The Morgan fingerprint density at radius 1 is 1.30 bits per heavy atom. The Morgan fingerprint density at radius 3 is 2.30 bits per heavy atom. The van der Waals surface area contributed by atoms with Crippen LogP contribution in [0, 0.1) is 0 Å². The van der Waals surface area contributed by atoms with Gasteiger partial charge in [0.05, 0.1) is 0 Å². The minimum atomic E-state index is 0. The summed E-state index contributed by atoms with van der Waals surface area (Å²) in [4.78, 5) is 0. The van der Waals surface area contributed by atoms with Gasteiger partial charge in [-0.05, 0) is 0 Å². The van der Waals surface area contributed by atoms with Gasteiger partial charge in [-0.25, -0.2) is 0 Å². The number of halogens is 1. The molecular formula is C7H8ClOZn. The topological polar surface area (TPSA) is 9.23 Å². The van der Waals surface area contributed by atoms with Gasteiger partial charge in [0.25, 0.3) is 0 Å². The van der Waals surface area contributed by atoms with Gasteiger partial charge in [-0.2, -0.15) is 0 Å². The number of rotatable bonds is 1. The largest absolute Gasteiger partial charge is 0.147 e. The second kappa shape index (κ2) is 4.70. The summed E-state index contributed by atoms with van der Waals surface area (Å²) in [5.74, 6) is 1.01. The zero-order valence-corrected chi connectivity index (χ0v) is 9.62. The molecule has 10 heavy (non-hydrogen) atoms. The number of ether oxygens (including phenoxy) is 1. The Labute approximate surface area is 76.9 Å². The molecule has 0 unspecified atom stereocenters. The fourth-order valence-electron chi connectivity index (χ4n) is 0.703. The van der Waals surface area contributed by atoms with E-state index in [1.54, 1.807) is 7.11 Å². The summed E-state index contributed by atoms with van der Waals surface area (Å²) in [7, 11) is 1.70. The fraction of sp³-hybridized carbons (Fsp3) is 0.143. The van der Waals surface area contributed by atoms with Gasteiger partial charge in [-0.1, -0.05) is 0 Å². The van der Waals surface area contributed by atoms with E-state index in [-0.39, 0.29) is 12.4 Å². The number of para-hydroxylation sites is 1. The molecule has 0 spiro atoms. The molecule has 0 heterocycles. The van der Waals surface area contributed by atoms with Crippen LogP contribution < -0.4 is 8.89 Å². The van der Waals surface area contributed by atoms with Gasteiger partial charge in [-0.15, -0.1) is 12.4 Å². The summed E-state index contributed by atoms with van der Waals surface area (Å²) < 4.78 is 6.38. The first-order valence-electron chi connectivity index (χ1n) is 2.79. The number of hydrogen-bond acceptors (Lipinski definition) is 1. The van der Waals surface area contributed by atoms with Gasteiger partial charge in [0, 0.05) is 0 Å². The van der Waals surface area contributed by atoms with E-state index in [1.807, 2.05) is 18.2 Å². The zero-order valence-electron chi connectivity index (χ0n) is 5.83. The molecule has 0 aromatic heterocycles. The predicted molar refractivity (Wildman–Crippen MR) is 39.9 cm³/mol. The maximum Gasteiger partial charge on any atom is -0.147 e. The molecule has 0 saturated heterocycles. The van der Waals surface area contributed by atoms with Crippen LogP contribution in [0.25, 0.3) is 0 Å². The second-order valence-electron chi connectivity index (χ2n) is 1.81. The molecule has 0 aliphatic rings. The first-order valence-corrected chi connectivity index (χ1v) is 4.28. The van der Waals surface area contributed by atoms with Crippen LogP contribution in [-0.2, 0) is 18.3 Å². The molecule has 0 radical (unpaired) electrons. The van der Waals surface area contributed by atoms with E-state index in [4.69, 9.17) is 4.74 Å². The van der Waals surface area contributed by atoms with Crippen LogP contribution in [0.1, 0.15) is 0 Å². The Balaban J connectivity index is 0.000000810. The van der Waals surface area contributed by atoms with Crippen LogP contribution in [0.2, 0.25) is 0 Å². The monoisotopic (exact) mass is 207 g/mol. The third-order valence-corrected chi connectivity index (χ3v) is 2.42. The molecule has 0 aliphatic carbocycles. The molecule has 0 atom stereocenters. The molecule has 0 saturated carbocycles. The minimum absolute atomic E-state index is 0. The van der Waals surface area contributed by atoms with Crippen LogP contribution in [0.4, 0.5) is 0 Å². The maximum atomic E-state index is 5.08. The molecular weight excluding hydrogens is 201 g/mol. The van der Waals surface area contributed by atoms with Crippen LogP contribution in [0.3, 0.4) is 0 Å². The molecule has 0 N–H and O–H groups in total. The van der Waals surface area contributed by atoms with Gasteiger partial charge < -0.3 is 0 Å². The van der Waals surface area contributed by atoms with Gasteiger partial charge in [0.1, 0.15) is 0 Å². The molecule has 0 fully saturated rings. The van der Waals surface area contributed by atoms with Crippen molar-refractivity contribution in [2.24, 2.45) is 0 Å². The molecule has 1 nitrogen and oxygen atoms in total. The maximum absolute atomic E-state index is 5.08. The zero-order chi connectivity index (χ0) is 6.69. The van der Waals surface area contributed by atoms with E-state index in [1.165, 1.54) is 4.16 Å². The predicted octanol–water partition coefficient (Wildman–Crippen LogP) is 1.29. The molecule has 0 aliphatic heterocycles. The average molecular weight is 209 g/mol. The van der Waals surface area contributed by atoms with Crippen molar-refractivity contribution < 1.29 is 23.0 Å². The third-order valence-electron chi connectivity index (χ3n) is 1.19. The van der Waals surface area contributed by atoms with Gasteiger partial charge in [0.2, 0.25) is 0 Å². The van der Waals surface area contributed by atoms with Crippen LogP contribution >= 0.6 is 12.4 Å². The van der Waals surface area contributed by atoms with E-state index in [0.717, 1.165) is 24.1 Å². The summed E-state index contributed by atoms with van der Waals surface area (Å²) in [5, 5.41) is 0. The second-order valence-corrected chi connectivity index (χ2v) is 3.41. The van der Waals surface area contributed by atoms with E-state index in [9.17, 15) is 0 Å². The van der Waals surface area contributed by atoms with E-state index in [2.05, 4.69) is 6.07 Å². The van der Waals surface area contributed by atoms with Gasteiger partial charge in [0.15, 0.2) is 0 Å². The van der Waals surface area contributed by atoms with Crippen molar-refractivity contribution in [3.8, 4) is 5.75 Å². The summed E-state index contributed by atoms with van der Waals surface area (Å²) in [6.07, 6.45) is 0. The van der Waals surface area contributed by atoms with Crippen molar-refractivity contribution in [1.29, 1.82) is 0 Å². The Kier molecular flexibility index (Phi) is 4.67. The van der Waals surface area contributed by atoms with Crippen molar-refractivity contribution >= 4 is 16.6 Å². The average Bonchev–Trinajstić information content (AvgIpc) is 1.89. The van der Waals surface area contributed by atoms with Crippen LogP contribution in [0.15, 0.2) is 24.3 Å². The fourth-order valence-corrected chi connectivity index (χ4v) is 1.54. The Hall–Kier alpha value is -0.0666. The van der Waals surface area contributed by atoms with Crippen molar-refractivity contribution in [2.75, 3.05) is 7.11 Å². The van der Waals surface area contributed by atoms with Crippen molar-refractivity contribution in [1.82, 2.24) is 0 Å². The molecule has 3 heteroatoms. The minimum Gasteiger partial charge on any atom is -0.147 e. The molecule has 0 amide bonds. The van der Waals surface area contributed by atoms with Gasteiger partial charge in [-0.3, -0.25) is 0 Å². The molecule has 51 valence electrons. The summed E-state index contributed by atoms with van der Waals surface area (Å²) in [6.45, 7) is 0. The Morgan fingerprint density at radius 2 is 1.90 bits per heavy atom. The summed E-state index contributed by atoms with van der Waals surface area (Å²) in [5.41, 5.74) is 0. The summed E-state index contributed by atoms with van der Waals surface area (Å²) in [6, 6.07) is 8.08. The standard InChI is InChI=1S/C7H7O.ClH.Zn/c1-8-7-5-3-2-4-6-7;;/h2-5H,1H3;1H;. The molecule has 0 bridgehead atoms. The number of hydrogen-bond donors (Lipinski definition) is 0. The molecule has 1 aromatic rings. The van der Waals surface area contributed by atoms with E-state index < -0.39 is 0 Å².